The molecule has 0 fully saturated rings. The van der Waals surface area contributed by atoms with E-state index in [0.717, 1.165) is 11.1 Å². The van der Waals surface area contributed by atoms with E-state index in [1.165, 1.54) is 16.9 Å². The van der Waals surface area contributed by atoms with Crippen LogP contribution in [0.4, 0.5) is 5.69 Å². The molecule has 0 radical (unpaired) electrons. The average molecular weight is 661 g/mol. The van der Waals surface area contributed by atoms with Gasteiger partial charge in [-0.1, -0.05) is 78.9 Å². The summed E-state index contributed by atoms with van der Waals surface area (Å²) in [5.74, 6) is 0. The number of pyridine rings is 1. The molecule has 6 aromatic rings. The van der Waals surface area contributed by atoms with Gasteiger partial charge in [-0.15, -0.1) is 5.10 Å². The highest BCUT2D eigenvalue weighted by molar-refractivity contribution is 7.92. The molecule has 0 saturated heterocycles. The van der Waals surface area contributed by atoms with Crippen molar-refractivity contribution in [2.45, 2.75) is 29.9 Å². The first-order chi connectivity index (χ1) is 23.2. The summed E-state index contributed by atoms with van der Waals surface area (Å²) < 4.78 is 29.1. The summed E-state index contributed by atoms with van der Waals surface area (Å²) in [6, 6.07) is 35.7. The lowest BCUT2D eigenvalue weighted by Crippen LogP contribution is -2.30. The first kappa shape index (κ1) is 32.7. The summed E-state index contributed by atoms with van der Waals surface area (Å²) >= 11 is 0. The van der Waals surface area contributed by atoms with Crippen molar-refractivity contribution in [3.05, 3.63) is 167 Å². The molecule has 2 aromatic heterocycles. The molecule has 10 nitrogen and oxygen atoms in total. The van der Waals surface area contributed by atoms with E-state index in [1.54, 1.807) is 49.6 Å². The number of aromatic nitrogens is 4. The maximum Gasteiger partial charge on any atom is 0.261 e. The normalized spacial score (nSPS) is 12.5. The van der Waals surface area contributed by atoms with Gasteiger partial charge in [0, 0.05) is 30.2 Å². The van der Waals surface area contributed by atoms with E-state index < -0.39 is 21.7 Å². The van der Waals surface area contributed by atoms with Crippen molar-refractivity contribution in [2.24, 2.45) is 0 Å². The second kappa shape index (κ2) is 14.3. The van der Waals surface area contributed by atoms with E-state index >= 15 is 0 Å². The van der Waals surface area contributed by atoms with Gasteiger partial charge in [-0.2, -0.15) is 9.90 Å². The molecule has 244 valence electrons. The van der Waals surface area contributed by atoms with E-state index in [-0.39, 0.29) is 4.90 Å². The van der Waals surface area contributed by atoms with Gasteiger partial charge in [0.15, 0.2) is 5.60 Å². The highest BCUT2D eigenvalue weighted by Crippen LogP contribution is 2.37. The van der Waals surface area contributed by atoms with Crippen molar-refractivity contribution >= 4 is 15.7 Å². The highest BCUT2D eigenvalue weighted by atomic mass is 32.2. The van der Waals surface area contributed by atoms with E-state index in [4.69, 9.17) is 5.10 Å². The van der Waals surface area contributed by atoms with Crippen LogP contribution in [0.3, 0.4) is 0 Å². The zero-order valence-corrected chi connectivity index (χ0v) is 27.1. The van der Waals surface area contributed by atoms with Gasteiger partial charge in [0.05, 0.1) is 22.4 Å². The van der Waals surface area contributed by atoms with Crippen molar-refractivity contribution in [3.63, 3.8) is 0 Å². The predicted molar refractivity (Wildman–Crippen MR) is 184 cm³/mol. The molecule has 2 heterocycles. The third-order valence-electron chi connectivity index (χ3n) is 8.09. The Balaban J connectivity index is 1.11. The summed E-state index contributed by atoms with van der Waals surface area (Å²) in [5, 5.41) is 34.9. The van der Waals surface area contributed by atoms with Crippen molar-refractivity contribution in [1.29, 1.82) is 0 Å². The van der Waals surface area contributed by atoms with Gasteiger partial charge in [0.2, 0.25) is 0 Å². The molecule has 0 spiro atoms. The Morgan fingerprint density at radius 1 is 0.812 bits per heavy atom. The monoisotopic (exact) mass is 660 g/mol. The van der Waals surface area contributed by atoms with Crippen molar-refractivity contribution in [2.75, 3.05) is 17.8 Å². The van der Waals surface area contributed by atoms with E-state index in [2.05, 4.69) is 20.1 Å². The Morgan fingerprint density at radius 2 is 1.46 bits per heavy atom. The molecule has 4 N–H and O–H groups in total. The number of sulfonamides is 1. The van der Waals surface area contributed by atoms with Crippen LogP contribution in [-0.2, 0) is 22.0 Å². The fourth-order valence-electron chi connectivity index (χ4n) is 5.50. The number of rotatable bonds is 13. The summed E-state index contributed by atoms with van der Waals surface area (Å²) in [4.78, 5) is 5.51. The quantitative estimate of drug-likeness (QED) is 0.128. The maximum atomic E-state index is 13.2. The largest absolute Gasteiger partial charge is 0.387 e. The van der Waals surface area contributed by atoms with Crippen LogP contribution in [0.2, 0.25) is 0 Å². The van der Waals surface area contributed by atoms with Gasteiger partial charge in [-0.3, -0.25) is 9.71 Å². The molecular weight excluding hydrogens is 625 g/mol. The Labute approximate surface area is 279 Å². The second-order valence-electron chi connectivity index (χ2n) is 11.4. The lowest BCUT2D eigenvalue weighted by atomic mass is 9.83. The molecule has 48 heavy (non-hydrogen) atoms. The first-order valence-electron chi connectivity index (χ1n) is 15.5. The zero-order chi connectivity index (χ0) is 33.6. The predicted octanol–water partition coefficient (Wildman–Crippen LogP) is 4.92. The van der Waals surface area contributed by atoms with Crippen LogP contribution < -0.4 is 10.0 Å². The number of aliphatic hydroxyl groups excluding tert-OH is 1. The summed E-state index contributed by atoms with van der Waals surface area (Å²) in [6.07, 6.45) is 3.39. The van der Waals surface area contributed by atoms with Gasteiger partial charge in [0.25, 0.3) is 10.0 Å². The molecule has 0 amide bonds. The molecule has 0 aliphatic rings. The molecule has 0 aliphatic carbocycles. The SMILES string of the molecule is Cc1nn(-c2ccc(S(=O)(=O)Nc3ccc(CCNCC(O)c4cccnc4)cc3)cc2)nc1C(O)(c1ccccc1)c1ccccc1. The number of hydrogen-bond donors (Lipinski definition) is 4. The Hall–Kier alpha value is -5.20. The molecule has 4 aromatic carbocycles. The molecule has 0 bridgehead atoms. The summed E-state index contributed by atoms with van der Waals surface area (Å²) in [7, 11) is -3.87. The van der Waals surface area contributed by atoms with E-state index in [0.29, 0.717) is 53.4 Å². The minimum atomic E-state index is -3.87. The van der Waals surface area contributed by atoms with E-state index in [1.807, 2.05) is 78.9 Å². The number of nitrogens with zero attached hydrogens (tertiary/aromatic N) is 4. The van der Waals surface area contributed by atoms with Gasteiger partial charge in [-0.25, -0.2) is 8.42 Å². The third kappa shape index (κ3) is 7.19. The van der Waals surface area contributed by atoms with Crippen LogP contribution in [0.1, 0.15) is 39.7 Å². The molecule has 1 unspecified atom stereocenters. The number of nitrogens with one attached hydrogen (secondary N) is 2. The fourth-order valence-corrected chi connectivity index (χ4v) is 6.56. The minimum absolute atomic E-state index is 0.0841. The molecule has 0 saturated carbocycles. The number of aryl methyl sites for hydroxylation is 1. The maximum absolute atomic E-state index is 13.2. The Bertz CT molecular complexity index is 2000. The molecule has 0 aliphatic heterocycles. The van der Waals surface area contributed by atoms with Gasteiger partial charge in [-0.05, 0) is 79.0 Å². The standard InChI is InChI=1S/C37H36N6O4S/c1-27-36(37(45,30-10-4-2-5-11-30)31-12-6-3-7-13-31)41-43(40-27)33-18-20-34(21-19-33)48(46,47)42-32-16-14-28(15-17-32)22-24-39-26-35(44)29-9-8-23-38-25-29/h2-21,23,25,35,39,42,44-45H,22,24,26H2,1H3. The van der Waals surface area contributed by atoms with Crippen molar-refractivity contribution in [1.82, 2.24) is 25.3 Å². The van der Waals surface area contributed by atoms with E-state index in [9.17, 15) is 18.6 Å². The first-order valence-corrected chi connectivity index (χ1v) is 17.0. The number of benzene rings is 4. The fraction of sp³-hybridized carbons (Fsp3) is 0.162. The average Bonchev–Trinajstić information content (AvgIpc) is 3.53. The smallest absolute Gasteiger partial charge is 0.261 e. The lowest BCUT2D eigenvalue weighted by Gasteiger charge is -2.28. The van der Waals surface area contributed by atoms with Gasteiger partial charge >= 0.3 is 0 Å². The highest BCUT2D eigenvalue weighted by Gasteiger charge is 2.38. The number of anilines is 1. The van der Waals surface area contributed by atoms with Gasteiger partial charge in [0.1, 0.15) is 5.69 Å². The molecule has 6 rings (SSSR count). The molecule has 11 heteroatoms. The van der Waals surface area contributed by atoms with Gasteiger partial charge < -0.3 is 15.5 Å². The number of hydrogen-bond acceptors (Lipinski definition) is 8. The second-order valence-corrected chi connectivity index (χ2v) is 13.1. The topological polar surface area (TPSA) is 142 Å². The van der Waals surface area contributed by atoms with Crippen LogP contribution in [0.5, 0.6) is 0 Å². The van der Waals surface area contributed by atoms with Crippen LogP contribution in [0.25, 0.3) is 5.69 Å². The van der Waals surface area contributed by atoms with Crippen molar-refractivity contribution in [3.8, 4) is 5.69 Å². The number of aliphatic hydroxyl groups is 2. The third-order valence-corrected chi connectivity index (χ3v) is 9.49. The lowest BCUT2D eigenvalue weighted by molar-refractivity contribution is 0.119. The minimum Gasteiger partial charge on any atom is -0.387 e. The molecule has 1 atom stereocenters. The Morgan fingerprint density at radius 3 is 2.06 bits per heavy atom. The summed E-state index contributed by atoms with van der Waals surface area (Å²) in [6.45, 7) is 2.84. The van der Waals surface area contributed by atoms with Crippen LogP contribution in [0.15, 0.2) is 139 Å². The zero-order valence-electron chi connectivity index (χ0n) is 26.3. The van der Waals surface area contributed by atoms with Crippen LogP contribution in [0, 0.1) is 6.92 Å². The summed E-state index contributed by atoms with van der Waals surface area (Å²) in [5.41, 5.74) is 3.43. The Kier molecular flexibility index (Phi) is 9.74. The van der Waals surface area contributed by atoms with Crippen LogP contribution >= 0.6 is 0 Å². The van der Waals surface area contributed by atoms with Crippen molar-refractivity contribution < 1.29 is 18.6 Å². The molecular formula is C37H36N6O4S. The van der Waals surface area contributed by atoms with Crippen LogP contribution in [-0.4, -0.2) is 51.7 Å².